The van der Waals surface area contributed by atoms with Crippen molar-refractivity contribution in [2.75, 3.05) is 24.9 Å². The number of rotatable bonds is 7. The zero-order chi connectivity index (χ0) is 18.2. The number of carbonyl (C=O) groups is 2. The normalized spacial score (nSPS) is 10.0. The Morgan fingerprint density at radius 1 is 0.920 bits per heavy atom. The van der Waals surface area contributed by atoms with Crippen LogP contribution in [-0.4, -0.2) is 26.0 Å². The Bertz CT molecular complexity index is 759. The first kappa shape index (κ1) is 18.3. The Labute approximate surface area is 147 Å². The van der Waals surface area contributed by atoms with E-state index in [1.54, 1.807) is 42.5 Å². The van der Waals surface area contributed by atoms with E-state index < -0.39 is 0 Å². The summed E-state index contributed by atoms with van der Waals surface area (Å²) in [5, 5.41) is 5.62. The molecule has 0 radical (unpaired) electrons. The lowest BCUT2D eigenvalue weighted by atomic mass is 10.1. The largest absolute Gasteiger partial charge is 0.493 e. The van der Waals surface area contributed by atoms with Crippen molar-refractivity contribution in [2.45, 2.75) is 19.8 Å². The van der Waals surface area contributed by atoms with E-state index in [0.29, 0.717) is 34.9 Å². The highest BCUT2D eigenvalue weighted by molar-refractivity contribution is 6.07. The lowest BCUT2D eigenvalue weighted by Crippen LogP contribution is -2.16. The van der Waals surface area contributed by atoms with Gasteiger partial charge in [-0.05, 0) is 36.8 Å². The van der Waals surface area contributed by atoms with Crippen LogP contribution in [0.3, 0.4) is 0 Å². The predicted octanol–water partition coefficient (Wildman–Crippen LogP) is 3.69. The van der Waals surface area contributed by atoms with Crippen molar-refractivity contribution in [2.24, 2.45) is 0 Å². The number of amides is 2. The Morgan fingerprint density at radius 2 is 1.56 bits per heavy atom. The molecule has 0 spiro atoms. The summed E-state index contributed by atoms with van der Waals surface area (Å²) in [6.07, 6.45) is 1.18. The zero-order valence-corrected chi connectivity index (χ0v) is 14.6. The van der Waals surface area contributed by atoms with Gasteiger partial charge in [-0.3, -0.25) is 9.59 Å². The van der Waals surface area contributed by atoms with Crippen molar-refractivity contribution in [3.63, 3.8) is 0 Å². The molecule has 0 fully saturated rings. The van der Waals surface area contributed by atoms with Crippen LogP contribution in [0.4, 0.5) is 11.4 Å². The van der Waals surface area contributed by atoms with Crippen LogP contribution in [-0.2, 0) is 4.79 Å². The summed E-state index contributed by atoms with van der Waals surface area (Å²) >= 11 is 0. The molecule has 2 aromatic carbocycles. The third-order valence-corrected chi connectivity index (χ3v) is 3.57. The monoisotopic (exact) mass is 342 g/mol. The number of methoxy groups -OCH3 is 2. The fourth-order valence-corrected chi connectivity index (χ4v) is 2.31. The third kappa shape index (κ3) is 4.73. The van der Waals surface area contributed by atoms with Gasteiger partial charge in [0.25, 0.3) is 5.91 Å². The summed E-state index contributed by atoms with van der Waals surface area (Å²) in [5.41, 5.74) is 1.52. The molecular weight excluding hydrogens is 320 g/mol. The second-order valence-electron chi connectivity index (χ2n) is 5.37. The highest BCUT2D eigenvalue weighted by Gasteiger charge is 2.13. The Kier molecular flexibility index (Phi) is 6.39. The highest BCUT2D eigenvalue weighted by Crippen LogP contribution is 2.28. The van der Waals surface area contributed by atoms with Gasteiger partial charge >= 0.3 is 0 Å². The molecule has 0 heterocycles. The van der Waals surface area contributed by atoms with E-state index in [9.17, 15) is 9.59 Å². The van der Waals surface area contributed by atoms with Crippen LogP contribution >= 0.6 is 0 Å². The van der Waals surface area contributed by atoms with Crippen LogP contribution < -0.4 is 20.1 Å². The van der Waals surface area contributed by atoms with E-state index in [4.69, 9.17) is 9.47 Å². The van der Waals surface area contributed by atoms with E-state index in [1.807, 2.05) is 6.92 Å². The van der Waals surface area contributed by atoms with Crippen molar-refractivity contribution in [1.29, 1.82) is 0 Å². The minimum Gasteiger partial charge on any atom is -0.493 e. The van der Waals surface area contributed by atoms with Crippen LogP contribution in [0.5, 0.6) is 11.5 Å². The molecular formula is C19H22N2O4. The number of hydrogen-bond donors (Lipinski definition) is 2. The van der Waals surface area contributed by atoms with Crippen molar-refractivity contribution in [3.05, 3.63) is 48.0 Å². The molecule has 2 rings (SSSR count). The average molecular weight is 342 g/mol. The molecule has 0 saturated heterocycles. The second-order valence-corrected chi connectivity index (χ2v) is 5.37. The van der Waals surface area contributed by atoms with Gasteiger partial charge in [0, 0.05) is 12.0 Å². The molecule has 0 aliphatic rings. The lowest BCUT2D eigenvalue weighted by Gasteiger charge is -2.13. The van der Waals surface area contributed by atoms with Gasteiger partial charge in [0.05, 0.1) is 25.6 Å². The van der Waals surface area contributed by atoms with Gasteiger partial charge in [0.1, 0.15) is 0 Å². The van der Waals surface area contributed by atoms with E-state index in [0.717, 1.165) is 6.42 Å². The first-order valence-electron chi connectivity index (χ1n) is 8.01. The predicted molar refractivity (Wildman–Crippen MR) is 97.5 cm³/mol. The van der Waals surface area contributed by atoms with Gasteiger partial charge in [0.15, 0.2) is 11.5 Å². The van der Waals surface area contributed by atoms with Crippen molar-refractivity contribution in [1.82, 2.24) is 0 Å². The van der Waals surface area contributed by atoms with E-state index in [-0.39, 0.29) is 11.8 Å². The molecule has 0 aliphatic carbocycles. The van der Waals surface area contributed by atoms with Crippen molar-refractivity contribution < 1.29 is 19.1 Å². The van der Waals surface area contributed by atoms with Gasteiger partial charge in [0.2, 0.25) is 5.91 Å². The molecule has 0 unspecified atom stereocenters. The van der Waals surface area contributed by atoms with Crippen molar-refractivity contribution >= 4 is 23.2 Å². The van der Waals surface area contributed by atoms with Crippen LogP contribution in [0.2, 0.25) is 0 Å². The van der Waals surface area contributed by atoms with Crippen molar-refractivity contribution in [3.8, 4) is 11.5 Å². The molecule has 6 nitrogen and oxygen atoms in total. The maximum absolute atomic E-state index is 12.5. The minimum atomic E-state index is -0.307. The fraction of sp³-hybridized carbons (Fsp3) is 0.263. The van der Waals surface area contributed by atoms with E-state index in [1.165, 1.54) is 14.2 Å². The molecule has 0 atom stereocenters. The fourth-order valence-electron chi connectivity index (χ4n) is 2.31. The Morgan fingerprint density at radius 3 is 2.16 bits per heavy atom. The summed E-state index contributed by atoms with van der Waals surface area (Å²) in [5.74, 6) is 0.624. The van der Waals surface area contributed by atoms with E-state index in [2.05, 4.69) is 10.6 Å². The standard InChI is InChI=1S/C19H22N2O4/c1-4-7-18(22)20-14-8-5-6-9-15(14)21-19(23)13-10-11-16(24-2)17(12-13)25-3/h5-6,8-12H,4,7H2,1-3H3,(H,20,22)(H,21,23). The number of hydrogen-bond acceptors (Lipinski definition) is 4. The first-order chi connectivity index (χ1) is 12.1. The molecule has 25 heavy (non-hydrogen) atoms. The molecule has 2 aromatic rings. The number of anilines is 2. The average Bonchev–Trinajstić information content (AvgIpc) is 2.62. The number of ether oxygens (including phenoxy) is 2. The molecule has 0 saturated carbocycles. The Balaban J connectivity index is 2.19. The van der Waals surface area contributed by atoms with Crippen LogP contribution in [0.15, 0.2) is 42.5 Å². The van der Waals surface area contributed by atoms with Crippen LogP contribution in [0.25, 0.3) is 0 Å². The van der Waals surface area contributed by atoms with Gasteiger partial charge in [-0.2, -0.15) is 0 Å². The Hall–Kier alpha value is -3.02. The molecule has 132 valence electrons. The maximum atomic E-state index is 12.5. The summed E-state index contributed by atoms with van der Waals surface area (Å²) in [7, 11) is 3.05. The lowest BCUT2D eigenvalue weighted by molar-refractivity contribution is -0.116. The molecule has 6 heteroatoms. The first-order valence-corrected chi connectivity index (χ1v) is 8.01. The second kappa shape index (κ2) is 8.73. The van der Waals surface area contributed by atoms with Crippen LogP contribution in [0, 0.1) is 0 Å². The van der Waals surface area contributed by atoms with Gasteiger partial charge < -0.3 is 20.1 Å². The summed E-state index contributed by atoms with van der Waals surface area (Å²) in [6.45, 7) is 1.93. The molecule has 0 aromatic heterocycles. The molecule has 0 aliphatic heterocycles. The smallest absolute Gasteiger partial charge is 0.255 e. The quantitative estimate of drug-likeness (QED) is 0.804. The number of nitrogens with one attached hydrogen (secondary N) is 2. The highest BCUT2D eigenvalue weighted by atomic mass is 16.5. The molecule has 2 N–H and O–H groups in total. The molecule has 2 amide bonds. The third-order valence-electron chi connectivity index (χ3n) is 3.57. The number of carbonyl (C=O) groups excluding carboxylic acids is 2. The number of para-hydroxylation sites is 2. The minimum absolute atomic E-state index is 0.0877. The van der Waals surface area contributed by atoms with Gasteiger partial charge in [-0.15, -0.1) is 0 Å². The van der Waals surface area contributed by atoms with E-state index >= 15 is 0 Å². The topological polar surface area (TPSA) is 76.7 Å². The number of benzene rings is 2. The van der Waals surface area contributed by atoms with Gasteiger partial charge in [-0.1, -0.05) is 19.1 Å². The zero-order valence-electron chi connectivity index (χ0n) is 14.6. The summed E-state index contributed by atoms with van der Waals surface area (Å²) < 4.78 is 10.4. The molecule has 0 bridgehead atoms. The maximum Gasteiger partial charge on any atom is 0.255 e. The summed E-state index contributed by atoms with van der Waals surface area (Å²) in [6, 6.07) is 12.0. The van der Waals surface area contributed by atoms with Gasteiger partial charge in [-0.25, -0.2) is 0 Å². The SMILES string of the molecule is CCCC(=O)Nc1ccccc1NC(=O)c1ccc(OC)c(OC)c1. The van der Waals surface area contributed by atoms with Crippen LogP contribution in [0.1, 0.15) is 30.1 Å². The summed E-state index contributed by atoms with van der Waals surface area (Å²) in [4.78, 5) is 24.3.